The summed E-state index contributed by atoms with van der Waals surface area (Å²) in [5, 5.41) is 2.93. The molecule has 2 amide bonds. The van der Waals surface area contributed by atoms with Gasteiger partial charge in [0.25, 0.3) is 0 Å². The summed E-state index contributed by atoms with van der Waals surface area (Å²) in [7, 11) is 0. The van der Waals surface area contributed by atoms with Gasteiger partial charge in [-0.15, -0.1) is 0 Å². The molecule has 1 saturated heterocycles. The number of hydrogen-bond acceptors (Lipinski definition) is 4. The summed E-state index contributed by atoms with van der Waals surface area (Å²) in [6.07, 6.45) is 1.84. The first-order valence-electron chi connectivity index (χ1n) is 10.9. The summed E-state index contributed by atoms with van der Waals surface area (Å²) >= 11 is 0. The average Bonchev–Trinajstić information content (AvgIpc) is 3.48. The Bertz CT molecular complexity index is 1280. The molecule has 2 heterocycles. The highest BCUT2D eigenvalue weighted by molar-refractivity contribution is 6.03. The minimum Gasteiger partial charge on any atom is -0.444 e. The van der Waals surface area contributed by atoms with Crippen molar-refractivity contribution in [3.63, 3.8) is 0 Å². The first-order chi connectivity index (χ1) is 16.1. The summed E-state index contributed by atoms with van der Waals surface area (Å²) in [6.45, 7) is 2.38. The SMILES string of the molecule is Cc1ccc(N2C[C@@H](C(=O)Nc3ccc(-c4nc(-c5ccccc5)co4)cc3)CC2=O)cc1. The van der Waals surface area contributed by atoms with Gasteiger partial charge in [0.2, 0.25) is 17.7 Å². The van der Waals surface area contributed by atoms with Gasteiger partial charge in [-0.1, -0.05) is 48.0 Å². The molecule has 0 aliphatic carbocycles. The van der Waals surface area contributed by atoms with E-state index < -0.39 is 5.92 Å². The van der Waals surface area contributed by atoms with Crippen LogP contribution in [0.3, 0.4) is 0 Å². The summed E-state index contributed by atoms with van der Waals surface area (Å²) in [4.78, 5) is 31.5. The van der Waals surface area contributed by atoms with Gasteiger partial charge >= 0.3 is 0 Å². The van der Waals surface area contributed by atoms with Crippen molar-refractivity contribution in [2.24, 2.45) is 5.92 Å². The number of oxazole rings is 1. The van der Waals surface area contributed by atoms with E-state index in [1.54, 1.807) is 11.2 Å². The molecule has 4 aromatic rings. The second-order valence-corrected chi connectivity index (χ2v) is 8.21. The van der Waals surface area contributed by atoms with Gasteiger partial charge in [-0.05, 0) is 43.3 Å². The van der Waals surface area contributed by atoms with Crippen molar-refractivity contribution in [2.45, 2.75) is 13.3 Å². The molecule has 6 nitrogen and oxygen atoms in total. The van der Waals surface area contributed by atoms with E-state index in [2.05, 4.69) is 10.3 Å². The molecule has 1 aliphatic heterocycles. The number of anilines is 2. The lowest BCUT2D eigenvalue weighted by molar-refractivity contribution is -0.122. The Morgan fingerprint density at radius 1 is 0.970 bits per heavy atom. The van der Waals surface area contributed by atoms with E-state index >= 15 is 0 Å². The molecular weight excluding hydrogens is 414 g/mol. The number of amides is 2. The average molecular weight is 437 g/mol. The van der Waals surface area contributed by atoms with Crippen LogP contribution in [-0.2, 0) is 9.59 Å². The molecule has 1 atom stereocenters. The summed E-state index contributed by atoms with van der Waals surface area (Å²) < 4.78 is 5.64. The van der Waals surface area contributed by atoms with Crippen LogP contribution in [0.1, 0.15) is 12.0 Å². The lowest BCUT2D eigenvalue weighted by atomic mass is 10.1. The molecule has 164 valence electrons. The van der Waals surface area contributed by atoms with Crippen molar-refractivity contribution in [1.82, 2.24) is 4.98 Å². The highest BCUT2D eigenvalue weighted by atomic mass is 16.3. The Kier molecular flexibility index (Phi) is 5.48. The summed E-state index contributed by atoms with van der Waals surface area (Å²) in [5.41, 5.74) is 5.20. The number of carbonyl (C=O) groups excluding carboxylic acids is 2. The van der Waals surface area contributed by atoms with Crippen molar-refractivity contribution in [1.29, 1.82) is 0 Å². The molecule has 1 fully saturated rings. The zero-order valence-corrected chi connectivity index (χ0v) is 18.2. The molecule has 1 aliphatic rings. The lowest BCUT2D eigenvalue weighted by Gasteiger charge is -2.17. The van der Waals surface area contributed by atoms with E-state index in [0.717, 1.165) is 28.1 Å². The third-order valence-electron chi connectivity index (χ3n) is 5.81. The number of nitrogens with one attached hydrogen (secondary N) is 1. The van der Waals surface area contributed by atoms with Gasteiger partial charge in [-0.3, -0.25) is 9.59 Å². The van der Waals surface area contributed by atoms with Crippen molar-refractivity contribution < 1.29 is 14.0 Å². The molecule has 3 aromatic carbocycles. The Morgan fingerprint density at radius 2 is 1.70 bits per heavy atom. The maximum atomic E-state index is 12.8. The zero-order chi connectivity index (χ0) is 22.8. The first-order valence-corrected chi connectivity index (χ1v) is 10.9. The third kappa shape index (κ3) is 4.41. The molecule has 5 rings (SSSR count). The maximum absolute atomic E-state index is 12.8. The number of hydrogen-bond donors (Lipinski definition) is 1. The quantitative estimate of drug-likeness (QED) is 0.459. The summed E-state index contributed by atoms with van der Waals surface area (Å²) in [5.74, 6) is -0.0684. The van der Waals surface area contributed by atoms with Crippen molar-refractivity contribution in [3.05, 3.63) is 90.7 Å². The molecule has 33 heavy (non-hydrogen) atoms. The van der Waals surface area contributed by atoms with E-state index in [0.29, 0.717) is 18.1 Å². The van der Waals surface area contributed by atoms with Crippen LogP contribution in [0, 0.1) is 12.8 Å². The second-order valence-electron chi connectivity index (χ2n) is 8.21. The summed E-state index contributed by atoms with van der Waals surface area (Å²) in [6, 6.07) is 24.9. The minimum absolute atomic E-state index is 0.0348. The normalized spacial score (nSPS) is 15.6. The van der Waals surface area contributed by atoms with E-state index in [1.807, 2.05) is 85.8 Å². The smallest absolute Gasteiger partial charge is 0.229 e. The van der Waals surface area contributed by atoms with Gasteiger partial charge in [0.1, 0.15) is 12.0 Å². The number of nitrogens with zero attached hydrogens (tertiary/aromatic N) is 2. The van der Waals surface area contributed by atoms with E-state index in [4.69, 9.17) is 4.42 Å². The van der Waals surface area contributed by atoms with Gasteiger partial charge in [0.15, 0.2) is 0 Å². The Labute approximate surface area is 191 Å². The van der Waals surface area contributed by atoms with Crippen LogP contribution in [0.2, 0.25) is 0 Å². The number of carbonyl (C=O) groups is 2. The van der Waals surface area contributed by atoms with E-state index in [-0.39, 0.29) is 18.2 Å². The number of aromatic nitrogens is 1. The molecule has 1 N–H and O–H groups in total. The van der Waals surface area contributed by atoms with Gasteiger partial charge < -0.3 is 14.6 Å². The fourth-order valence-corrected chi connectivity index (χ4v) is 3.95. The van der Waals surface area contributed by atoms with Gasteiger partial charge in [0, 0.05) is 35.5 Å². The fourth-order valence-electron chi connectivity index (χ4n) is 3.95. The fraction of sp³-hybridized carbons (Fsp3) is 0.148. The van der Waals surface area contributed by atoms with Crippen LogP contribution in [0.5, 0.6) is 0 Å². The Morgan fingerprint density at radius 3 is 2.42 bits per heavy atom. The molecular formula is C27H23N3O3. The monoisotopic (exact) mass is 437 g/mol. The molecule has 0 saturated carbocycles. The largest absolute Gasteiger partial charge is 0.444 e. The van der Waals surface area contributed by atoms with E-state index in [9.17, 15) is 9.59 Å². The van der Waals surface area contributed by atoms with Crippen LogP contribution in [-0.4, -0.2) is 23.3 Å². The van der Waals surface area contributed by atoms with Crippen molar-refractivity contribution >= 4 is 23.2 Å². The lowest BCUT2D eigenvalue weighted by Crippen LogP contribution is -2.28. The standard InChI is InChI=1S/C27H23N3O3/c1-18-7-13-23(14-8-18)30-16-21(15-25(30)31)26(32)28-22-11-9-20(10-12-22)27-29-24(17-33-27)19-5-3-2-4-6-19/h2-14,17,21H,15-16H2,1H3,(H,28,32)/t21-/m0/s1. The number of benzene rings is 3. The third-order valence-corrected chi connectivity index (χ3v) is 5.81. The zero-order valence-electron chi connectivity index (χ0n) is 18.2. The van der Waals surface area contributed by atoms with Gasteiger partial charge in [-0.25, -0.2) is 4.98 Å². The highest BCUT2D eigenvalue weighted by Crippen LogP contribution is 2.28. The predicted octanol–water partition coefficient (Wildman–Crippen LogP) is 5.31. The van der Waals surface area contributed by atoms with Gasteiger partial charge in [0.05, 0.1) is 5.92 Å². The molecule has 0 spiro atoms. The Hall–Kier alpha value is -4.19. The molecule has 0 bridgehead atoms. The minimum atomic E-state index is -0.390. The maximum Gasteiger partial charge on any atom is 0.229 e. The predicted molar refractivity (Wildman–Crippen MR) is 128 cm³/mol. The molecule has 1 aromatic heterocycles. The van der Waals surface area contributed by atoms with Crippen LogP contribution >= 0.6 is 0 Å². The number of aryl methyl sites for hydroxylation is 1. The van der Waals surface area contributed by atoms with Crippen LogP contribution in [0.25, 0.3) is 22.7 Å². The number of rotatable bonds is 5. The second kappa shape index (κ2) is 8.74. The van der Waals surface area contributed by atoms with Crippen molar-refractivity contribution in [2.75, 3.05) is 16.8 Å². The Balaban J connectivity index is 1.23. The van der Waals surface area contributed by atoms with Crippen molar-refractivity contribution in [3.8, 4) is 22.7 Å². The topological polar surface area (TPSA) is 75.4 Å². The molecule has 0 radical (unpaired) electrons. The molecule has 6 heteroatoms. The highest BCUT2D eigenvalue weighted by Gasteiger charge is 2.35. The van der Waals surface area contributed by atoms with Crippen LogP contribution < -0.4 is 10.2 Å². The van der Waals surface area contributed by atoms with E-state index in [1.165, 1.54) is 0 Å². The van der Waals surface area contributed by atoms with Gasteiger partial charge in [-0.2, -0.15) is 0 Å². The van der Waals surface area contributed by atoms with Crippen LogP contribution in [0.4, 0.5) is 11.4 Å². The first kappa shape index (κ1) is 20.7. The van der Waals surface area contributed by atoms with Crippen LogP contribution in [0.15, 0.2) is 89.5 Å². The molecule has 0 unspecified atom stereocenters.